The van der Waals surface area contributed by atoms with Gasteiger partial charge in [-0.05, 0) is 0 Å². The third kappa shape index (κ3) is 10.3. The number of aliphatic hydroxyl groups excluding tert-OH is 11. The van der Waals surface area contributed by atoms with Crippen LogP contribution in [0.3, 0.4) is 0 Å². The van der Waals surface area contributed by atoms with Gasteiger partial charge < -0.3 is 71.1 Å². The lowest BCUT2D eigenvalue weighted by Gasteiger charge is -2.19. The summed E-state index contributed by atoms with van der Waals surface area (Å²) in [7, 11) is 0. The Bertz CT molecular complexity index is 360. The van der Waals surface area contributed by atoms with Crippen molar-refractivity contribution in [2.75, 3.05) is 39.6 Å². The predicted octanol–water partition coefficient (Wildman–Crippen LogP) is -7.46. The normalized spacial score (nSPS) is 34.0. The molecule has 2 aliphatic rings. The van der Waals surface area contributed by atoms with Gasteiger partial charge in [0.2, 0.25) is 0 Å². The minimum Gasteiger partial charge on any atom is -0.412 e. The van der Waals surface area contributed by atoms with Crippen LogP contribution in [0.25, 0.3) is 0 Å². The average molecular weight is 439 g/mol. The molecule has 0 spiro atoms. The minimum absolute atomic E-state index is 0. The molecule has 0 bridgehead atoms. The first-order valence-corrected chi connectivity index (χ1v) is 8.57. The van der Waals surface area contributed by atoms with Crippen molar-refractivity contribution >= 4 is 0 Å². The second-order valence-electron chi connectivity index (χ2n) is 6.22. The van der Waals surface area contributed by atoms with Crippen LogP contribution in [0.4, 0.5) is 0 Å². The zero-order valence-corrected chi connectivity index (χ0v) is 15.7. The Morgan fingerprint density at radius 2 is 1.00 bits per heavy atom. The molecule has 29 heavy (non-hydrogen) atoms. The van der Waals surface area contributed by atoms with Crippen molar-refractivity contribution in [2.45, 2.75) is 54.9 Å². The Morgan fingerprint density at radius 3 is 1.14 bits per heavy atom. The van der Waals surface area contributed by atoms with Gasteiger partial charge in [-0.2, -0.15) is 0 Å². The zero-order valence-electron chi connectivity index (χ0n) is 16.7. The summed E-state index contributed by atoms with van der Waals surface area (Å²) >= 11 is 0. The topological polar surface area (TPSA) is 272 Å². The van der Waals surface area contributed by atoms with E-state index in [-0.39, 0.29) is 33.3 Å². The molecule has 0 aromatic carbocycles. The van der Waals surface area contributed by atoms with E-state index in [0.29, 0.717) is 0 Å². The summed E-state index contributed by atoms with van der Waals surface area (Å²) in [6.45, 7) is -1.52. The van der Waals surface area contributed by atoms with Gasteiger partial charge in [0.25, 0.3) is 0 Å². The van der Waals surface area contributed by atoms with Gasteiger partial charge in [-0.3, -0.25) is 0 Å². The van der Waals surface area contributed by atoms with Crippen LogP contribution in [0.5, 0.6) is 0 Å². The molecule has 14 heteroatoms. The van der Waals surface area contributed by atoms with Gasteiger partial charge in [-0.1, -0.05) is 0 Å². The smallest absolute Gasteiger partial charge is 0.412 e. The van der Waals surface area contributed by atoms with E-state index in [4.69, 9.17) is 65.6 Å². The maximum absolute atomic E-state index is 8.92. The summed E-state index contributed by atoms with van der Waals surface area (Å²) in [6.07, 6.45) is -8.99. The Labute approximate surface area is 168 Å². The van der Waals surface area contributed by atoms with Crippen molar-refractivity contribution in [2.24, 2.45) is 0 Å². The third-order valence-corrected chi connectivity index (χ3v) is 4.03. The number of hydrogen-bond acceptors (Lipinski definition) is 13. The molecule has 2 rings (SSSR count). The van der Waals surface area contributed by atoms with Gasteiger partial charge in [0.1, 0.15) is 54.9 Å². The number of ether oxygens (including phenoxy) is 2. The van der Waals surface area contributed by atoms with Crippen molar-refractivity contribution in [1.82, 2.24) is 0 Å². The molecule has 9 atom stereocenters. The largest absolute Gasteiger partial charge is 1.00 e. The van der Waals surface area contributed by atoms with E-state index in [2.05, 4.69) is 0 Å². The molecule has 2 heterocycles. The Kier molecular flexibility index (Phi) is 17.1. The molecule has 2 aliphatic heterocycles. The molecule has 0 saturated carbocycles. The van der Waals surface area contributed by atoms with E-state index in [1.165, 1.54) is 0 Å². The summed E-state index contributed by atoms with van der Waals surface area (Å²) < 4.78 is 9.55. The van der Waals surface area contributed by atoms with Crippen molar-refractivity contribution in [1.29, 1.82) is 0 Å². The fourth-order valence-corrected chi connectivity index (χ4v) is 2.13. The highest BCUT2D eigenvalue weighted by atomic mass is 16.5. The first-order valence-electron chi connectivity index (χ1n) is 8.57. The monoisotopic (exact) mass is 439 g/mol. The SMILES string of the molecule is O.OC[C@@H](O)C(O)[C@@H](O)CO.OC[C@@H]1OC[C@@H](O)[C@@H]1O.OC[C@H]1OC[C@H](O)[C@H]1O.[H+]. The summed E-state index contributed by atoms with van der Waals surface area (Å²) in [6, 6.07) is 0. The van der Waals surface area contributed by atoms with E-state index in [0.717, 1.165) is 0 Å². The molecule has 13 N–H and O–H groups in total. The van der Waals surface area contributed by atoms with Crippen LogP contribution in [0.15, 0.2) is 0 Å². The Morgan fingerprint density at radius 1 is 0.690 bits per heavy atom. The Balaban J connectivity index is -0.000000353. The molecule has 2 saturated heterocycles. The lowest BCUT2D eigenvalue weighted by molar-refractivity contribution is -0.0900. The molecule has 2 fully saturated rings. The molecule has 0 aromatic rings. The van der Waals surface area contributed by atoms with Crippen LogP contribution in [0.1, 0.15) is 1.43 Å². The third-order valence-electron chi connectivity index (χ3n) is 4.03. The summed E-state index contributed by atoms with van der Waals surface area (Å²) in [5, 5.41) is 95.0. The van der Waals surface area contributed by atoms with Crippen LogP contribution < -0.4 is 0 Å². The molecular weight excluding hydrogens is 404 g/mol. The first-order chi connectivity index (χ1) is 13.1. The fourth-order valence-electron chi connectivity index (χ4n) is 2.13. The van der Waals surface area contributed by atoms with E-state index >= 15 is 0 Å². The molecule has 0 radical (unpaired) electrons. The second-order valence-corrected chi connectivity index (χ2v) is 6.22. The molecule has 14 nitrogen and oxygen atoms in total. The molecule has 0 amide bonds. The van der Waals surface area contributed by atoms with Crippen LogP contribution in [0.2, 0.25) is 0 Å². The molecule has 0 aromatic heterocycles. The Hall–Kier alpha value is -0.560. The zero-order chi connectivity index (χ0) is 21.9. The lowest BCUT2D eigenvalue weighted by Crippen LogP contribution is -2.41. The quantitative estimate of drug-likeness (QED) is 0.184. The average Bonchev–Trinajstić information content (AvgIpc) is 3.21. The van der Waals surface area contributed by atoms with Crippen LogP contribution in [-0.2, 0) is 9.47 Å². The van der Waals surface area contributed by atoms with Gasteiger partial charge in [-0.15, -0.1) is 0 Å². The number of aliphatic hydroxyl groups is 11. The lowest BCUT2D eigenvalue weighted by atomic mass is 10.1. The summed E-state index contributed by atoms with van der Waals surface area (Å²) in [4.78, 5) is 0. The van der Waals surface area contributed by atoms with E-state index in [1.54, 1.807) is 0 Å². The molecule has 1 unspecified atom stereocenters. The minimum atomic E-state index is -1.49. The fraction of sp³-hybridized carbons (Fsp3) is 1.00. The van der Waals surface area contributed by atoms with Gasteiger partial charge in [0.05, 0.1) is 39.6 Å². The van der Waals surface area contributed by atoms with Crippen LogP contribution in [0, 0.1) is 0 Å². The van der Waals surface area contributed by atoms with Crippen LogP contribution in [-0.4, -0.2) is 156 Å². The highest BCUT2D eigenvalue weighted by Crippen LogP contribution is 2.13. The second kappa shape index (κ2) is 16.2. The number of hydrogen-bond donors (Lipinski definition) is 11. The summed E-state index contributed by atoms with van der Waals surface area (Å²) in [5.41, 5.74) is 0. The van der Waals surface area contributed by atoms with Crippen molar-refractivity contribution < 1.29 is 72.5 Å². The van der Waals surface area contributed by atoms with E-state index < -0.39 is 68.1 Å². The standard InChI is InChI=1S/C5H12O5.2C5H10O4.H2O/c6-1-3(8)5(10)4(9)2-7;2*6-1-4-5(8)3(7)2-9-4;/h3-10H,1-2H2;2*3-8H,1-2H2;1H2/p+1/t3-,4+,5?;2*3-,4+,5+;/m.10./s1. The van der Waals surface area contributed by atoms with Gasteiger partial charge in [0, 0.05) is 0 Å². The number of rotatable bonds is 6. The maximum atomic E-state index is 8.92. The highest BCUT2D eigenvalue weighted by Gasteiger charge is 2.34. The first kappa shape index (κ1) is 30.6. The van der Waals surface area contributed by atoms with Gasteiger partial charge >= 0.3 is 1.43 Å². The van der Waals surface area contributed by atoms with Crippen molar-refractivity contribution in [3.63, 3.8) is 0 Å². The molecule has 0 aliphatic carbocycles. The highest BCUT2D eigenvalue weighted by molar-refractivity contribution is 4.82. The van der Waals surface area contributed by atoms with Gasteiger partial charge in [-0.25, -0.2) is 0 Å². The van der Waals surface area contributed by atoms with E-state index in [1.807, 2.05) is 0 Å². The maximum Gasteiger partial charge on any atom is 1.00 e. The van der Waals surface area contributed by atoms with E-state index in [9.17, 15) is 0 Å². The van der Waals surface area contributed by atoms with Gasteiger partial charge in [0.15, 0.2) is 0 Å². The van der Waals surface area contributed by atoms with Crippen molar-refractivity contribution in [3.05, 3.63) is 0 Å². The van der Waals surface area contributed by atoms with Crippen molar-refractivity contribution in [3.8, 4) is 0 Å². The predicted molar refractivity (Wildman–Crippen MR) is 94.6 cm³/mol. The summed E-state index contributed by atoms with van der Waals surface area (Å²) in [5.74, 6) is 0. The van der Waals surface area contributed by atoms with Crippen LogP contribution >= 0.6 is 0 Å². The molecular formula is C15H35O14+. The molecule has 178 valence electrons.